The quantitative estimate of drug-likeness (QED) is 0.612. The molecule has 1 aliphatic rings. The smallest absolute Gasteiger partial charge is 0.193 e. The number of hydrogen-bond acceptors (Lipinski definition) is 4. The maximum absolute atomic E-state index is 5.30. The highest BCUT2D eigenvalue weighted by Gasteiger charge is 2.25. The molecule has 1 aromatic rings. The first kappa shape index (κ1) is 18.2. The van der Waals surface area contributed by atoms with Gasteiger partial charge >= 0.3 is 0 Å². The fraction of sp³-hybridized carbons (Fsp3) is 0.706. The first-order valence-electron chi connectivity index (χ1n) is 8.37. The van der Waals surface area contributed by atoms with Crippen LogP contribution in [0.1, 0.15) is 24.3 Å². The van der Waals surface area contributed by atoms with Gasteiger partial charge in [-0.15, -0.1) is 11.3 Å². The van der Waals surface area contributed by atoms with E-state index in [1.54, 1.807) is 18.4 Å². The lowest BCUT2D eigenvalue weighted by Gasteiger charge is -2.25. The molecule has 2 unspecified atom stereocenters. The van der Waals surface area contributed by atoms with Gasteiger partial charge in [0.25, 0.3) is 0 Å². The average Bonchev–Trinajstić information content (AvgIpc) is 3.18. The molecule has 130 valence electrons. The summed E-state index contributed by atoms with van der Waals surface area (Å²) in [6.45, 7) is 6.74. The summed E-state index contributed by atoms with van der Waals surface area (Å²) in [6, 6.07) is 4.64. The van der Waals surface area contributed by atoms with Crippen molar-refractivity contribution in [2.24, 2.45) is 10.9 Å². The molecule has 1 N–H and O–H groups in total. The number of likely N-dealkylation sites (N-methyl/N-ethyl adjacent to an activating group) is 1. The SMILES string of the molecule is CCNC(=NCC(c1cccs1)N(C)C)N1CCC(COC)C1. The van der Waals surface area contributed by atoms with Gasteiger partial charge in [-0.25, -0.2) is 0 Å². The Morgan fingerprint density at radius 3 is 3.00 bits per heavy atom. The van der Waals surface area contributed by atoms with E-state index in [4.69, 9.17) is 9.73 Å². The van der Waals surface area contributed by atoms with Gasteiger partial charge in [-0.05, 0) is 38.9 Å². The molecule has 1 fully saturated rings. The number of ether oxygens (including phenoxy) is 1. The molecule has 0 aliphatic carbocycles. The fourth-order valence-electron chi connectivity index (χ4n) is 2.98. The number of rotatable bonds is 7. The van der Waals surface area contributed by atoms with Crippen LogP contribution in [0.2, 0.25) is 0 Å². The van der Waals surface area contributed by atoms with E-state index < -0.39 is 0 Å². The Morgan fingerprint density at radius 2 is 2.39 bits per heavy atom. The number of nitrogens with one attached hydrogen (secondary N) is 1. The van der Waals surface area contributed by atoms with Crippen molar-refractivity contribution in [2.45, 2.75) is 19.4 Å². The van der Waals surface area contributed by atoms with Crippen LogP contribution in [0.15, 0.2) is 22.5 Å². The van der Waals surface area contributed by atoms with Crippen molar-refractivity contribution in [1.82, 2.24) is 15.1 Å². The van der Waals surface area contributed by atoms with Crippen molar-refractivity contribution in [3.05, 3.63) is 22.4 Å². The zero-order valence-corrected chi connectivity index (χ0v) is 15.6. The predicted octanol–water partition coefficient (Wildman–Crippen LogP) is 2.28. The number of thiophene rings is 1. The predicted molar refractivity (Wildman–Crippen MR) is 98.3 cm³/mol. The molecule has 2 atom stereocenters. The summed E-state index contributed by atoms with van der Waals surface area (Å²) < 4.78 is 5.30. The zero-order valence-electron chi connectivity index (χ0n) is 14.8. The minimum atomic E-state index is 0.334. The number of methoxy groups -OCH3 is 1. The average molecular weight is 339 g/mol. The van der Waals surface area contributed by atoms with E-state index in [1.807, 2.05) is 0 Å². The molecule has 23 heavy (non-hydrogen) atoms. The topological polar surface area (TPSA) is 40.1 Å². The molecule has 0 spiro atoms. The first-order valence-corrected chi connectivity index (χ1v) is 9.25. The highest BCUT2D eigenvalue weighted by atomic mass is 32.1. The van der Waals surface area contributed by atoms with E-state index in [0.717, 1.165) is 38.7 Å². The molecule has 2 rings (SSSR count). The summed E-state index contributed by atoms with van der Waals surface area (Å²) in [6.07, 6.45) is 1.18. The summed E-state index contributed by atoms with van der Waals surface area (Å²) in [5.41, 5.74) is 0. The largest absolute Gasteiger partial charge is 0.384 e. The zero-order chi connectivity index (χ0) is 16.7. The van der Waals surface area contributed by atoms with E-state index in [2.05, 4.69) is 53.6 Å². The molecule has 1 aliphatic heterocycles. The third-order valence-corrected chi connectivity index (χ3v) is 5.21. The Hall–Kier alpha value is -1.11. The van der Waals surface area contributed by atoms with Gasteiger partial charge in [0.05, 0.1) is 19.2 Å². The van der Waals surface area contributed by atoms with Crippen LogP contribution in [0.5, 0.6) is 0 Å². The van der Waals surface area contributed by atoms with Gasteiger partial charge < -0.3 is 19.9 Å². The molecule has 0 aromatic carbocycles. The number of hydrogen-bond donors (Lipinski definition) is 1. The highest BCUT2D eigenvalue weighted by molar-refractivity contribution is 7.10. The van der Waals surface area contributed by atoms with Gasteiger partial charge in [-0.3, -0.25) is 4.99 Å². The summed E-state index contributed by atoms with van der Waals surface area (Å²) in [4.78, 5) is 10.9. The molecule has 0 amide bonds. The van der Waals surface area contributed by atoms with E-state index in [0.29, 0.717) is 12.0 Å². The Balaban J connectivity index is 2.03. The lowest BCUT2D eigenvalue weighted by molar-refractivity contribution is 0.157. The second-order valence-electron chi connectivity index (χ2n) is 6.25. The third kappa shape index (κ3) is 5.19. The van der Waals surface area contributed by atoms with Crippen molar-refractivity contribution in [3.63, 3.8) is 0 Å². The maximum atomic E-state index is 5.30. The van der Waals surface area contributed by atoms with Crippen LogP contribution >= 0.6 is 11.3 Å². The number of guanidine groups is 1. The second kappa shape index (κ2) is 9.25. The van der Waals surface area contributed by atoms with Crippen LogP contribution in [0, 0.1) is 5.92 Å². The molecule has 0 saturated carbocycles. The molecule has 5 nitrogen and oxygen atoms in total. The van der Waals surface area contributed by atoms with Gasteiger partial charge in [0.2, 0.25) is 0 Å². The summed E-state index contributed by atoms with van der Waals surface area (Å²) in [5, 5.41) is 5.58. The Labute approximate surface area is 144 Å². The Bertz CT molecular complexity index is 475. The van der Waals surface area contributed by atoms with Crippen molar-refractivity contribution in [2.75, 3.05) is 54.0 Å². The third-order valence-electron chi connectivity index (χ3n) is 4.23. The fourth-order valence-corrected chi connectivity index (χ4v) is 3.90. The number of nitrogens with zero attached hydrogens (tertiary/aromatic N) is 3. The van der Waals surface area contributed by atoms with Crippen LogP contribution in [0.3, 0.4) is 0 Å². The number of likely N-dealkylation sites (tertiary alicyclic amines) is 1. The normalized spacial score (nSPS) is 20.3. The molecule has 1 saturated heterocycles. The highest BCUT2D eigenvalue weighted by Crippen LogP contribution is 2.24. The van der Waals surface area contributed by atoms with Crippen LogP contribution in [-0.2, 0) is 4.74 Å². The molecular formula is C17H30N4OS. The molecule has 2 heterocycles. The summed E-state index contributed by atoms with van der Waals surface area (Å²) >= 11 is 1.80. The summed E-state index contributed by atoms with van der Waals surface area (Å²) in [5.74, 6) is 1.65. The van der Waals surface area contributed by atoms with Gasteiger partial charge in [0, 0.05) is 37.5 Å². The van der Waals surface area contributed by atoms with Gasteiger partial charge in [-0.2, -0.15) is 0 Å². The van der Waals surface area contributed by atoms with Crippen molar-refractivity contribution in [3.8, 4) is 0 Å². The second-order valence-corrected chi connectivity index (χ2v) is 7.22. The molecule has 0 bridgehead atoms. The van der Waals surface area contributed by atoms with Gasteiger partial charge in [-0.1, -0.05) is 6.07 Å². The van der Waals surface area contributed by atoms with E-state index in [-0.39, 0.29) is 0 Å². The van der Waals surface area contributed by atoms with E-state index >= 15 is 0 Å². The molecule has 1 aromatic heterocycles. The van der Waals surface area contributed by atoms with Crippen molar-refractivity contribution < 1.29 is 4.74 Å². The molecular weight excluding hydrogens is 308 g/mol. The van der Waals surface area contributed by atoms with E-state index in [9.17, 15) is 0 Å². The van der Waals surface area contributed by atoms with Crippen LogP contribution in [-0.4, -0.2) is 69.8 Å². The lowest BCUT2D eigenvalue weighted by Crippen LogP contribution is -2.40. The van der Waals surface area contributed by atoms with Gasteiger partial charge in [0.1, 0.15) is 0 Å². The van der Waals surface area contributed by atoms with Crippen LogP contribution in [0.4, 0.5) is 0 Å². The number of aliphatic imine (C=N–C) groups is 1. The van der Waals surface area contributed by atoms with Gasteiger partial charge in [0.15, 0.2) is 5.96 Å². The lowest BCUT2D eigenvalue weighted by atomic mass is 10.1. The standard InChI is InChI=1S/C17H30N4OS/c1-5-18-17(21-9-8-14(12-21)13-22-4)19-11-15(20(2)3)16-7-6-10-23-16/h6-7,10,14-15H,5,8-9,11-13H2,1-4H3,(H,18,19). The summed E-state index contributed by atoms with van der Waals surface area (Å²) in [7, 11) is 6.03. The van der Waals surface area contributed by atoms with Crippen LogP contribution in [0.25, 0.3) is 0 Å². The minimum Gasteiger partial charge on any atom is -0.384 e. The monoisotopic (exact) mass is 338 g/mol. The first-order chi connectivity index (χ1) is 11.2. The molecule has 0 radical (unpaired) electrons. The molecule has 6 heteroatoms. The van der Waals surface area contributed by atoms with Crippen LogP contribution < -0.4 is 5.32 Å². The van der Waals surface area contributed by atoms with Crippen molar-refractivity contribution in [1.29, 1.82) is 0 Å². The Morgan fingerprint density at radius 1 is 1.57 bits per heavy atom. The maximum Gasteiger partial charge on any atom is 0.193 e. The van der Waals surface area contributed by atoms with Crippen molar-refractivity contribution >= 4 is 17.3 Å². The Kier molecular flexibility index (Phi) is 7.33. The minimum absolute atomic E-state index is 0.334. The van der Waals surface area contributed by atoms with E-state index in [1.165, 1.54) is 11.3 Å².